The highest BCUT2D eigenvalue weighted by atomic mass is 79.9. The minimum Gasteiger partial charge on any atom is -0.335 e. The van der Waals surface area contributed by atoms with Crippen molar-refractivity contribution in [3.8, 4) is 0 Å². The molecular formula is C14H17BrClNOS. The average molecular weight is 363 g/mol. The maximum Gasteiger partial charge on any atom is 0.255 e. The Morgan fingerprint density at radius 1 is 1.53 bits per heavy atom. The maximum atomic E-state index is 12.7. The van der Waals surface area contributed by atoms with Gasteiger partial charge in [-0.1, -0.05) is 27.5 Å². The van der Waals surface area contributed by atoms with Crippen LogP contribution in [0, 0.1) is 0 Å². The summed E-state index contributed by atoms with van der Waals surface area (Å²) in [6.45, 7) is 0.739. The first-order valence-electron chi connectivity index (χ1n) is 6.38. The molecule has 1 aromatic rings. The Morgan fingerprint density at radius 2 is 2.26 bits per heavy atom. The molecule has 0 saturated heterocycles. The van der Waals surface area contributed by atoms with Gasteiger partial charge < -0.3 is 4.90 Å². The van der Waals surface area contributed by atoms with Crippen LogP contribution in [0.4, 0.5) is 0 Å². The van der Waals surface area contributed by atoms with Gasteiger partial charge in [-0.25, -0.2) is 0 Å². The van der Waals surface area contributed by atoms with Crippen molar-refractivity contribution in [3.63, 3.8) is 0 Å². The van der Waals surface area contributed by atoms with Crippen molar-refractivity contribution in [1.82, 2.24) is 4.90 Å². The topological polar surface area (TPSA) is 20.3 Å². The Labute approximate surface area is 132 Å². The molecule has 0 unspecified atom stereocenters. The van der Waals surface area contributed by atoms with E-state index in [1.165, 1.54) is 6.42 Å². The summed E-state index contributed by atoms with van der Waals surface area (Å²) in [7, 11) is 0. The van der Waals surface area contributed by atoms with Crippen LogP contribution in [-0.2, 0) is 0 Å². The van der Waals surface area contributed by atoms with E-state index < -0.39 is 0 Å². The van der Waals surface area contributed by atoms with Gasteiger partial charge in [0, 0.05) is 22.8 Å². The molecule has 1 aromatic carbocycles. The molecule has 0 N–H and O–H groups in total. The lowest BCUT2D eigenvalue weighted by molar-refractivity contribution is 0.0599. The highest BCUT2D eigenvalue weighted by molar-refractivity contribution is 9.09. The minimum absolute atomic E-state index is 0.0602. The van der Waals surface area contributed by atoms with Crippen LogP contribution < -0.4 is 0 Å². The van der Waals surface area contributed by atoms with Crippen LogP contribution in [0.15, 0.2) is 23.1 Å². The third-order valence-electron chi connectivity index (χ3n) is 3.51. The van der Waals surface area contributed by atoms with Crippen LogP contribution in [0.1, 0.15) is 29.6 Å². The molecule has 19 heavy (non-hydrogen) atoms. The van der Waals surface area contributed by atoms with Gasteiger partial charge in [-0.2, -0.15) is 0 Å². The largest absolute Gasteiger partial charge is 0.335 e. The van der Waals surface area contributed by atoms with Gasteiger partial charge in [0.25, 0.3) is 5.91 Å². The Bertz CT molecular complexity index is 465. The van der Waals surface area contributed by atoms with Crippen LogP contribution in [0.5, 0.6) is 0 Å². The summed E-state index contributed by atoms with van der Waals surface area (Å²) in [5, 5.41) is 1.34. The van der Waals surface area contributed by atoms with Gasteiger partial charge in [0.05, 0.1) is 10.6 Å². The number of hydrogen-bond acceptors (Lipinski definition) is 2. The van der Waals surface area contributed by atoms with E-state index in [1.54, 1.807) is 11.8 Å². The zero-order chi connectivity index (χ0) is 13.8. The number of carbonyl (C=O) groups is 1. The number of nitrogens with zero attached hydrogens (tertiary/aromatic N) is 1. The quantitative estimate of drug-likeness (QED) is 0.569. The minimum atomic E-state index is 0.0602. The van der Waals surface area contributed by atoms with Crippen LogP contribution in [0.2, 0.25) is 5.02 Å². The third-order valence-corrected chi connectivity index (χ3v) is 4.92. The number of benzene rings is 1. The third kappa shape index (κ3) is 3.47. The molecule has 0 aliphatic heterocycles. The van der Waals surface area contributed by atoms with E-state index in [9.17, 15) is 4.79 Å². The number of halogens is 2. The highest BCUT2D eigenvalue weighted by Gasteiger charge is 2.29. The lowest BCUT2D eigenvalue weighted by atomic mass is 9.91. The van der Waals surface area contributed by atoms with E-state index in [4.69, 9.17) is 11.6 Å². The number of rotatable bonds is 5. The molecule has 1 saturated carbocycles. The standard InChI is InChI=1S/C14H17BrClNOS/c1-19-11-5-6-13(16)12(9-11)14(18)17(8-7-15)10-3-2-4-10/h5-6,9-10H,2-4,7-8H2,1H3. The second-order valence-corrected chi connectivity index (χ2v) is 6.70. The first-order valence-corrected chi connectivity index (χ1v) is 9.10. The number of carbonyl (C=O) groups excluding carboxylic acids is 1. The number of alkyl halides is 1. The molecule has 1 aliphatic rings. The zero-order valence-corrected chi connectivity index (χ0v) is 14.0. The maximum absolute atomic E-state index is 12.7. The predicted octanol–water partition coefficient (Wildman–Crippen LogP) is 4.45. The van der Waals surface area contributed by atoms with Crippen LogP contribution in [0.25, 0.3) is 0 Å². The molecule has 0 aromatic heterocycles. The Kier molecular flexibility index (Phi) is 5.60. The van der Waals surface area contributed by atoms with E-state index in [1.807, 2.05) is 29.4 Å². The van der Waals surface area contributed by atoms with Crippen molar-refractivity contribution < 1.29 is 4.79 Å². The number of thioether (sulfide) groups is 1. The fourth-order valence-corrected chi connectivity index (χ4v) is 3.21. The Hall–Kier alpha value is -0.190. The van der Waals surface area contributed by atoms with Crippen molar-refractivity contribution in [3.05, 3.63) is 28.8 Å². The van der Waals surface area contributed by atoms with Crippen LogP contribution in [-0.4, -0.2) is 35.0 Å². The first kappa shape index (κ1) is 15.2. The smallest absolute Gasteiger partial charge is 0.255 e. The molecule has 5 heteroatoms. The molecular weight excluding hydrogens is 346 g/mol. The second-order valence-electron chi connectivity index (χ2n) is 4.62. The van der Waals surface area contributed by atoms with E-state index in [-0.39, 0.29) is 5.91 Å². The van der Waals surface area contributed by atoms with Gasteiger partial charge in [0.1, 0.15) is 0 Å². The van der Waals surface area contributed by atoms with Gasteiger partial charge in [-0.05, 0) is 43.7 Å². The SMILES string of the molecule is CSc1ccc(Cl)c(C(=O)N(CCBr)C2CCC2)c1. The predicted molar refractivity (Wildman–Crippen MR) is 85.7 cm³/mol. The fourth-order valence-electron chi connectivity index (χ4n) is 2.19. The zero-order valence-electron chi connectivity index (χ0n) is 10.9. The molecule has 0 atom stereocenters. The van der Waals surface area contributed by atoms with Crippen molar-refractivity contribution in [2.45, 2.75) is 30.2 Å². The molecule has 0 spiro atoms. The normalized spacial score (nSPS) is 15.1. The van der Waals surface area contributed by atoms with Crippen molar-refractivity contribution in [2.75, 3.05) is 18.1 Å². The molecule has 0 radical (unpaired) electrons. The van der Waals surface area contributed by atoms with Gasteiger partial charge >= 0.3 is 0 Å². The van der Waals surface area contributed by atoms with Crippen LogP contribution in [0.3, 0.4) is 0 Å². The summed E-state index contributed by atoms with van der Waals surface area (Å²) in [6.07, 6.45) is 5.44. The van der Waals surface area contributed by atoms with Crippen molar-refractivity contribution in [2.24, 2.45) is 0 Å². The van der Waals surface area contributed by atoms with Crippen molar-refractivity contribution in [1.29, 1.82) is 0 Å². The lowest BCUT2D eigenvalue weighted by Gasteiger charge is -2.37. The Balaban J connectivity index is 2.24. The summed E-state index contributed by atoms with van der Waals surface area (Å²) in [5.41, 5.74) is 0.626. The lowest BCUT2D eigenvalue weighted by Crippen LogP contribution is -2.45. The van der Waals surface area contributed by atoms with E-state index in [2.05, 4.69) is 15.9 Å². The summed E-state index contributed by atoms with van der Waals surface area (Å²) in [6, 6.07) is 6.05. The molecule has 1 aliphatic carbocycles. The van der Waals surface area contributed by atoms with Gasteiger partial charge in [-0.15, -0.1) is 11.8 Å². The Morgan fingerprint density at radius 3 is 2.79 bits per heavy atom. The molecule has 1 fully saturated rings. The number of amides is 1. The van der Waals surface area contributed by atoms with E-state index >= 15 is 0 Å². The number of hydrogen-bond donors (Lipinski definition) is 0. The fraction of sp³-hybridized carbons (Fsp3) is 0.500. The molecule has 0 heterocycles. The van der Waals surface area contributed by atoms with Crippen LogP contribution >= 0.6 is 39.3 Å². The summed E-state index contributed by atoms with van der Waals surface area (Å²) >= 11 is 11.2. The van der Waals surface area contributed by atoms with Crippen molar-refractivity contribution >= 4 is 45.2 Å². The molecule has 2 nitrogen and oxygen atoms in total. The summed E-state index contributed by atoms with van der Waals surface area (Å²) in [4.78, 5) is 15.7. The van der Waals surface area contributed by atoms with E-state index in [0.29, 0.717) is 16.6 Å². The highest BCUT2D eigenvalue weighted by Crippen LogP contribution is 2.29. The summed E-state index contributed by atoms with van der Waals surface area (Å²) in [5.74, 6) is 0.0602. The van der Waals surface area contributed by atoms with Gasteiger partial charge in [-0.3, -0.25) is 4.79 Å². The summed E-state index contributed by atoms with van der Waals surface area (Å²) < 4.78 is 0. The molecule has 1 amide bonds. The monoisotopic (exact) mass is 361 g/mol. The second kappa shape index (κ2) is 7.00. The molecule has 0 bridgehead atoms. The average Bonchev–Trinajstić information content (AvgIpc) is 2.36. The first-order chi connectivity index (χ1) is 9.17. The van der Waals surface area contributed by atoms with Gasteiger partial charge in [0.2, 0.25) is 0 Å². The molecule has 2 rings (SSSR count). The molecule has 104 valence electrons. The van der Waals surface area contributed by atoms with Gasteiger partial charge in [0.15, 0.2) is 0 Å². The van der Waals surface area contributed by atoms with E-state index in [0.717, 1.165) is 29.6 Å².